The van der Waals surface area contributed by atoms with Crippen LogP contribution in [0.2, 0.25) is 0 Å². The van der Waals surface area contributed by atoms with Crippen LogP contribution in [0.4, 0.5) is 11.5 Å². The molecule has 122 valence electrons. The van der Waals surface area contributed by atoms with Crippen LogP contribution in [0.25, 0.3) is 0 Å². The van der Waals surface area contributed by atoms with E-state index in [1.54, 1.807) is 12.1 Å². The molecule has 23 heavy (non-hydrogen) atoms. The Labute approximate surface area is 137 Å². The zero-order chi connectivity index (χ0) is 16.8. The van der Waals surface area contributed by atoms with Crippen LogP contribution in [0.1, 0.15) is 46.9 Å². The number of hydrogen-bond donors (Lipinski definition) is 2. The van der Waals surface area contributed by atoms with Crippen LogP contribution in [-0.2, 0) is 0 Å². The van der Waals surface area contributed by atoms with Crippen molar-refractivity contribution in [1.82, 2.24) is 10.2 Å². The zero-order valence-electron chi connectivity index (χ0n) is 14.2. The second-order valence-electron chi connectivity index (χ2n) is 5.81. The molecule has 1 aromatic carbocycles. The van der Waals surface area contributed by atoms with E-state index in [0.29, 0.717) is 11.5 Å². The molecule has 0 atom stereocenters. The third-order valence-corrected chi connectivity index (χ3v) is 3.65. The molecule has 2 aromatic rings. The summed E-state index contributed by atoms with van der Waals surface area (Å²) in [4.78, 5) is 12.3. The molecule has 0 spiro atoms. The molecule has 0 bridgehead atoms. The highest BCUT2D eigenvalue weighted by Crippen LogP contribution is 2.22. The maximum absolute atomic E-state index is 12.3. The summed E-state index contributed by atoms with van der Waals surface area (Å²) >= 11 is 0. The van der Waals surface area contributed by atoms with Gasteiger partial charge in [-0.15, -0.1) is 10.2 Å². The first-order valence-electron chi connectivity index (χ1n) is 7.98. The lowest BCUT2D eigenvalue weighted by atomic mass is 10.1. The minimum Gasteiger partial charge on any atom is -0.369 e. The maximum Gasteiger partial charge on any atom is 0.276 e. The minimum absolute atomic E-state index is 0.243. The van der Waals surface area contributed by atoms with Crippen LogP contribution in [0.15, 0.2) is 24.3 Å². The first-order valence-corrected chi connectivity index (χ1v) is 7.98. The average molecular weight is 312 g/mol. The molecule has 0 saturated heterocycles. The minimum atomic E-state index is -0.243. The van der Waals surface area contributed by atoms with Gasteiger partial charge in [-0.25, -0.2) is 0 Å². The van der Waals surface area contributed by atoms with Crippen molar-refractivity contribution in [3.05, 3.63) is 46.6 Å². The van der Waals surface area contributed by atoms with Gasteiger partial charge in [-0.05, 0) is 50.5 Å². The molecule has 5 heteroatoms. The largest absolute Gasteiger partial charge is 0.369 e. The predicted molar refractivity (Wildman–Crippen MR) is 94.0 cm³/mol. The fourth-order valence-corrected chi connectivity index (χ4v) is 2.50. The SMILES string of the molecule is CCCCNc1ccc(C(=O)Nc2c(C)cc(C)cc2C)nn1. The topological polar surface area (TPSA) is 66.9 Å². The lowest BCUT2D eigenvalue weighted by Gasteiger charge is -2.12. The Morgan fingerprint density at radius 1 is 1.09 bits per heavy atom. The fraction of sp³-hybridized carbons (Fsp3) is 0.389. The number of nitrogens with one attached hydrogen (secondary N) is 2. The Hall–Kier alpha value is -2.43. The van der Waals surface area contributed by atoms with Crippen molar-refractivity contribution in [2.45, 2.75) is 40.5 Å². The number of aromatic nitrogens is 2. The van der Waals surface area contributed by atoms with Gasteiger partial charge < -0.3 is 10.6 Å². The molecular formula is C18H24N4O. The summed E-state index contributed by atoms with van der Waals surface area (Å²) in [6.45, 7) is 9.01. The Balaban J connectivity index is 2.06. The van der Waals surface area contributed by atoms with Crippen molar-refractivity contribution < 1.29 is 4.79 Å². The molecular weight excluding hydrogens is 288 g/mol. The summed E-state index contributed by atoms with van der Waals surface area (Å²) in [6, 6.07) is 7.58. The van der Waals surface area contributed by atoms with E-state index in [4.69, 9.17) is 0 Å². The molecule has 1 amide bonds. The van der Waals surface area contributed by atoms with Crippen molar-refractivity contribution >= 4 is 17.4 Å². The molecule has 2 rings (SSSR count). The van der Waals surface area contributed by atoms with Crippen molar-refractivity contribution in [2.24, 2.45) is 0 Å². The lowest BCUT2D eigenvalue weighted by Crippen LogP contribution is -2.16. The summed E-state index contributed by atoms with van der Waals surface area (Å²) in [5.74, 6) is 0.449. The molecule has 1 heterocycles. The van der Waals surface area contributed by atoms with Gasteiger partial charge in [0, 0.05) is 12.2 Å². The number of anilines is 2. The number of nitrogens with zero attached hydrogens (tertiary/aromatic N) is 2. The van der Waals surface area contributed by atoms with Gasteiger partial charge in [-0.1, -0.05) is 31.0 Å². The molecule has 0 radical (unpaired) electrons. The summed E-state index contributed by atoms with van der Waals surface area (Å²) in [6.07, 6.45) is 2.20. The van der Waals surface area contributed by atoms with Gasteiger partial charge in [0.1, 0.15) is 5.82 Å². The van der Waals surface area contributed by atoms with E-state index in [0.717, 1.165) is 36.2 Å². The van der Waals surface area contributed by atoms with Crippen LogP contribution in [0, 0.1) is 20.8 Å². The van der Waals surface area contributed by atoms with E-state index in [1.807, 2.05) is 20.8 Å². The number of hydrogen-bond acceptors (Lipinski definition) is 4. The first kappa shape index (κ1) is 16.9. The highest BCUT2D eigenvalue weighted by molar-refractivity contribution is 6.03. The molecule has 0 unspecified atom stereocenters. The highest BCUT2D eigenvalue weighted by Gasteiger charge is 2.12. The van der Waals surface area contributed by atoms with E-state index >= 15 is 0 Å². The predicted octanol–water partition coefficient (Wildman–Crippen LogP) is 3.87. The molecule has 5 nitrogen and oxygen atoms in total. The molecule has 0 fully saturated rings. The van der Waals surface area contributed by atoms with Crippen molar-refractivity contribution in [2.75, 3.05) is 17.2 Å². The number of rotatable bonds is 6. The van der Waals surface area contributed by atoms with Gasteiger partial charge in [0.05, 0.1) is 0 Å². The Morgan fingerprint density at radius 2 is 1.78 bits per heavy atom. The van der Waals surface area contributed by atoms with E-state index < -0.39 is 0 Å². The van der Waals surface area contributed by atoms with E-state index in [2.05, 4.69) is 39.9 Å². The number of benzene rings is 1. The van der Waals surface area contributed by atoms with Gasteiger partial charge in [0.2, 0.25) is 0 Å². The van der Waals surface area contributed by atoms with E-state index in [1.165, 1.54) is 5.56 Å². The van der Waals surface area contributed by atoms with Gasteiger partial charge >= 0.3 is 0 Å². The Morgan fingerprint density at radius 3 is 2.35 bits per heavy atom. The summed E-state index contributed by atoms with van der Waals surface area (Å²) in [7, 11) is 0. The van der Waals surface area contributed by atoms with Crippen molar-refractivity contribution in [3.8, 4) is 0 Å². The molecule has 0 aliphatic heterocycles. The molecule has 0 aliphatic rings. The molecule has 0 saturated carbocycles. The third kappa shape index (κ3) is 4.52. The van der Waals surface area contributed by atoms with E-state index in [-0.39, 0.29) is 5.91 Å². The van der Waals surface area contributed by atoms with Gasteiger partial charge in [-0.3, -0.25) is 4.79 Å². The summed E-state index contributed by atoms with van der Waals surface area (Å²) < 4.78 is 0. The van der Waals surface area contributed by atoms with Gasteiger partial charge in [-0.2, -0.15) is 0 Å². The fourth-order valence-electron chi connectivity index (χ4n) is 2.50. The summed E-state index contributed by atoms with van der Waals surface area (Å²) in [5, 5.41) is 14.2. The second-order valence-corrected chi connectivity index (χ2v) is 5.81. The number of unbranched alkanes of at least 4 members (excludes halogenated alkanes) is 1. The van der Waals surface area contributed by atoms with Crippen LogP contribution in [0.5, 0.6) is 0 Å². The number of aryl methyl sites for hydroxylation is 3. The van der Waals surface area contributed by atoms with Crippen LogP contribution in [0.3, 0.4) is 0 Å². The quantitative estimate of drug-likeness (QED) is 0.795. The smallest absolute Gasteiger partial charge is 0.276 e. The summed E-state index contributed by atoms with van der Waals surface area (Å²) in [5.41, 5.74) is 4.42. The maximum atomic E-state index is 12.3. The monoisotopic (exact) mass is 312 g/mol. The number of carbonyl (C=O) groups is 1. The molecule has 2 N–H and O–H groups in total. The van der Waals surface area contributed by atoms with Crippen LogP contribution < -0.4 is 10.6 Å². The first-order chi connectivity index (χ1) is 11.0. The Kier molecular flexibility index (Phi) is 5.68. The zero-order valence-corrected chi connectivity index (χ0v) is 14.2. The average Bonchev–Trinajstić information content (AvgIpc) is 2.51. The highest BCUT2D eigenvalue weighted by atomic mass is 16.1. The van der Waals surface area contributed by atoms with E-state index in [9.17, 15) is 4.79 Å². The molecule has 0 aliphatic carbocycles. The van der Waals surface area contributed by atoms with Crippen molar-refractivity contribution in [3.63, 3.8) is 0 Å². The van der Waals surface area contributed by atoms with Crippen molar-refractivity contribution in [1.29, 1.82) is 0 Å². The van der Waals surface area contributed by atoms with Crippen LogP contribution >= 0.6 is 0 Å². The number of amides is 1. The van der Waals surface area contributed by atoms with Gasteiger partial charge in [0.15, 0.2) is 5.69 Å². The standard InChI is InChI=1S/C18H24N4O/c1-5-6-9-19-16-8-7-15(21-22-16)18(23)20-17-13(3)10-12(2)11-14(17)4/h7-8,10-11H,5-6,9H2,1-4H3,(H,19,22)(H,20,23). The van der Waals surface area contributed by atoms with Gasteiger partial charge in [0.25, 0.3) is 5.91 Å². The Bertz CT molecular complexity index is 657. The third-order valence-electron chi connectivity index (χ3n) is 3.65. The molecule has 1 aromatic heterocycles. The number of carbonyl (C=O) groups excluding carboxylic acids is 1. The van der Waals surface area contributed by atoms with Crippen LogP contribution in [-0.4, -0.2) is 22.6 Å². The lowest BCUT2D eigenvalue weighted by molar-refractivity contribution is 0.102. The normalized spacial score (nSPS) is 10.4. The second kappa shape index (κ2) is 7.72.